The standard InChI is InChI=1S/C7H6Br2O2/c1-3-2-4(10)7(11)6(9)5(3)8/h4,10H,1-2H2. The number of halogens is 2. The summed E-state index contributed by atoms with van der Waals surface area (Å²) < 4.78 is 1.04. The first-order valence-electron chi connectivity index (χ1n) is 2.99. The van der Waals surface area contributed by atoms with Crippen molar-refractivity contribution in [2.75, 3.05) is 0 Å². The number of hydrogen-bond acceptors (Lipinski definition) is 2. The first-order valence-corrected chi connectivity index (χ1v) is 4.58. The molecule has 11 heavy (non-hydrogen) atoms. The Hall–Kier alpha value is 0.0700. The fourth-order valence-electron chi connectivity index (χ4n) is 0.825. The largest absolute Gasteiger partial charge is 0.385 e. The Labute approximate surface area is 81.2 Å². The second kappa shape index (κ2) is 3.21. The van der Waals surface area contributed by atoms with E-state index in [0.717, 1.165) is 5.57 Å². The molecule has 0 spiro atoms. The number of aliphatic hydroxyl groups excluding tert-OH is 1. The van der Waals surface area contributed by atoms with Crippen molar-refractivity contribution in [2.45, 2.75) is 12.5 Å². The number of carbonyl (C=O) groups excluding carboxylic acids is 1. The molecule has 0 saturated carbocycles. The van der Waals surface area contributed by atoms with Crippen molar-refractivity contribution in [3.8, 4) is 0 Å². The number of hydrogen-bond donors (Lipinski definition) is 1. The van der Waals surface area contributed by atoms with Gasteiger partial charge in [0.15, 0.2) is 5.78 Å². The molecule has 0 aliphatic heterocycles. The number of Topliss-reactive ketones (excluding diaryl/α,β-unsaturated/α-hetero) is 1. The van der Waals surface area contributed by atoms with E-state index < -0.39 is 6.10 Å². The highest BCUT2D eigenvalue weighted by Gasteiger charge is 2.27. The molecule has 1 aliphatic carbocycles. The van der Waals surface area contributed by atoms with Crippen LogP contribution in [0.2, 0.25) is 0 Å². The summed E-state index contributed by atoms with van der Waals surface area (Å²) in [5.41, 5.74) is 0.740. The van der Waals surface area contributed by atoms with Crippen molar-refractivity contribution in [1.29, 1.82) is 0 Å². The van der Waals surface area contributed by atoms with E-state index in [4.69, 9.17) is 5.11 Å². The van der Waals surface area contributed by atoms with Gasteiger partial charge in [0.1, 0.15) is 6.10 Å². The maximum atomic E-state index is 11.1. The van der Waals surface area contributed by atoms with Crippen LogP contribution in [0.1, 0.15) is 6.42 Å². The predicted octanol–water partition coefficient (Wildman–Crippen LogP) is 1.88. The summed E-state index contributed by atoms with van der Waals surface area (Å²) in [4.78, 5) is 11.1. The Morgan fingerprint density at radius 1 is 1.45 bits per heavy atom. The smallest absolute Gasteiger partial charge is 0.199 e. The van der Waals surface area contributed by atoms with Crippen LogP contribution in [0.5, 0.6) is 0 Å². The van der Waals surface area contributed by atoms with Crippen LogP contribution < -0.4 is 0 Å². The van der Waals surface area contributed by atoms with Crippen LogP contribution in [0.25, 0.3) is 0 Å². The van der Waals surface area contributed by atoms with Crippen molar-refractivity contribution in [3.05, 3.63) is 21.1 Å². The average Bonchev–Trinajstić information content (AvgIpc) is 1.97. The molecule has 1 aliphatic rings. The van der Waals surface area contributed by atoms with E-state index in [1.54, 1.807) is 0 Å². The molecule has 0 amide bonds. The number of allylic oxidation sites excluding steroid dienone is 1. The monoisotopic (exact) mass is 280 g/mol. The van der Waals surface area contributed by atoms with Crippen LogP contribution in [-0.2, 0) is 4.79 Å². The van der Waals surface area contributed by atoms with E-state index in [-0.39, 0.29) is 5.78 Å². The molecule has 4 heteroatoms. The Kier molecular flexibility index (Phi) is 2.67. The van der Waals surface area contributed by atoms with Gasteiger partial charge in [-0.1, -0.05) is 6.58 Å². The molecule has 1 rings (SSSR count). The summed E-state index contributed by atoms with van der Waals surface area (Å²) in [6, 6.07) is 0. The van der Waals surface area contributed by atoms with Crippen molar-refractivity contribution in [1.82, 2.24) is 0 Å². The van der Waals surface area contributed by atoms with Gasteiger partial charge in [0.25, 0.3) is 0 Å². The quantitative estimate of drug-likeness (QED) is 0.736. The fourth-order valence-corrected chi connectivity index (χ4v) is 1.73. The van der Waals surface area contributed by atoms with E-state index in [1.165, 1.54) is 0 Å². The lowest BCUT2D eigenvalue weighted by atomic mass is 10.00. The second-order valence-corrected chi connectivity index (χ2v) is 3.90. The molecular formula is C7H6Br2O2. The van der Waals surface area contributed by atoms with Crippen LogP contribution in [0, 0.1) is 0 Å². The fraction of sp³-hybridized carbons (Fsp3) is 0.286. The minimum Gasteiger partial charge on any atom is -0.385 e. The Balaban J connectivity index is 3.08. The highest BCUT2D eigenvalue weighted by molar-refractivity contribution is 9.14. The first-order chi connectivity index (χ1) is 5.04. The topological polar surface area (TPSA) is 37.3 Å². The highest BCUT2D eigenvalue weighted by Crippen LogP contribution is 2.33. The average molecular weight is 282 g/mol. The van der Waals surface area contributed by atoms with E-state index in [9.17, 15) is 4.79 Å². The summed E-state index contributed by atoms with van der Waals surface area (Å²) in [5, 5.41) is 9.14. The van der Waals surface area contributed by atoms with Crippen LogP contribution in [0.15, 0.2) is 21.1 Å². The summed E-state index contributed by atoms with van der Waals surface area (Å²) in [6.45, 7) is 3.68. The van der Waals surface area contributed by atoms with Gasteiger partial charge >= 0.3 is 0 Å². The zero-order valence-electron chi connectivity index (χ0n) is 5.60. The van der Waals surface area contributed by atoms with Gasteiger partial charge in [0.05, 0.1) is 4.48 Å². The molecule has 0 aromatic rings. The summed E-state index contributed by atoms with van der Waals surface area (Å²) in [7, 11) is 0. The Morgan fingerprint density at radius 2 is 2.00 bits per heavy atom. The van der Waals surface area contributed by atoms with Gasteiger partial charge in [0, 0.05) is 10.9 Å². The Morgan fingerprint density at radius 3 is 2.55 bits per heavy atom. The minimum absolute atomic E-state index is 0.288. The molecule has 0 fully saturated rings. The minimum atomic E-state index is -0.932. The number of ketones is 1. The summed E-state index contributed by atoms with van der Waals surface area (Å²) in [5.74, 6) is -0.288. The summed E-state index contributed by atoms with van der Waals surface area (Å²) in [6.07, 6.45) is -0.618. The van der Waals surface area contributed by atoms with Gasteiger partial charge in [-0.2, -0.15) is 0 Å². The normalized spacial score (nSPS) is 26.3. The lowest BCUT2D eigenvalue weighted by Crippen LogP contribution is -2.25. The third kappa shape index (κ3) is 1.63. The molecule has 0 aromatic heterocycles. The van der Waals surface area contributed by atoms with Crippen LogP contribution in [0.4, 0.5) is 0 Å². The molecule has 0 radical (unpaired) electrons. The van der Waals surface area contributed by atoms with Gasteiger partial charge in [-0.15, -0.1) is 0 Å². The third-order valence-corrected chi connectivity index (χ3v) is 3.74. The molecule has 0 saturated heterocycles. The van der Waals surface area contributed by atoms with Crippen molar-refractivity contribution < 1.29 is 9.90 Å². The second-order valence-electron chi connectivity index (χ2n) is 2.32. The maximum absolute atomic E-state index is 11.1. The van der Waals surface area contributed by atoms with Gasteiger partial charge < -0.3 is 5.11 Å². The number of aliphatic hydroxyl groups is 1. The lowest BCUT2D eigenvalue weighted by Gasteiger charge is -2.18. The van der Waals surface area contributed by atoms with Crippen molar-refractivity contribution in [3.63, 3.8) is 0 Å². The van der Waals surface area contributed by atoms with Crippen LogP contribution in [0.3, 0.4) is 0 Å². The van der Waals surface area contributed by atoms with E-state index in [1.807, 2.05) is 0 Å². The molecule has 0 aromatic carbocycles. The lowest BCUT2D eigenvalue weighted by molar-refractivity contribution is -0.122. The highest BCUT2D eigenvalue weighted by atomic mass is 79.9. The predicted molar refractivity (Wildman–Crippen MR) is 49.7 cm³/mol. The van der Waals surface area contributed by atoms with E-state index in [2.05, 4.69) is 38.4 Å². The molecule has 1 N–H and O–H groups in total. The van der Waals surface area contributed by atoms with Crippen LogP contribution >= 0.6 is 31.9 Å². The molecule has 0 heterocycles. The van der Waals surface area contributed by atoms with Gasteiger partial charge in [-0.05, 0) is 37.4 Å². The zero-order valence-corrected chi connectivity index (χ0v) is 8.77. The summed E-state index contributed by atoms with van der Waals surface area (Å²) >= 11 is 6.25. The maximum Gasteiger partial charge on any atom is 0.199 e. The molecular weight excluding hydrogens is 276 g/mol. The van der Waals surface area contributed by atoms with Crippen molar-refractivity contribution in [2.24, 2.45) is 0 Å². The van der Waals surface area contributed by atoms with Crippen molar-refractivity contribution >= 4 is 37.6 Å². The molecule has 1 atom stereocenters. The third-order valence-electron chi connectivity index (χ3n) is 1.46. The van der Waals surface area contributed by atoms with E-state index >= 15 is 0 Å². The van der Waals surface area contributed by atoms with Crippen LogP contribution in [-0.4, -0.2) is 17.0 Å². The van der Waals surface area contributed by atoms with Gasteiger partial charge in [0.2, 0.25) is 0 Å². The van der Waals surface area contributed by atoms with E-state index in [0.29, 0.717) is 15.4 Å². The van der Waals surface area contributed by atoms with Gasteiger partial charge in [-0.3, -0.25) is 4.79 Å². The van der Waals surface area contributed by atoms with Gasteiger partial charge in [-0.25, -0.2) is 0 Å². The number of carbonyl (C=O) groups is 1. The molecule has 1 unspecified atom stereocenters. The zero-order chi connectivity index (χ0) is 8.59. The molecule has 60 valence electrons. The SMILES string of the molecule is C=C1CC(O)C(=O)C(Br)=C1Br. The molecule has 2 nitrogen and oxygen atoms in total. The number of rotatable bonds is 0. The molecule has 0 bridgehead atoms. The first kappa shape index (κ1) is 9.16. The Bertz CT molecular complexity index is 255.